The van der Waals surface area contributed by atoms with Crippen molar-refractivity contribution in [3.05, 3.63) is 35.5 Å². The highest BCUT2D eigenvalue weighted by Crippen LogP contribution is 2.25. The number of hydrogen-bond donors (Lipinski definition) is 2. The predicted molar refractivity (Wildman–Crippen MR) is 60.1 cm³/mol. The maximum atomic E-state index is 11.2. The summed E-state index contributed by atoms with van der Waals surface area (Å²) in [6.45, 7) is 1.30. The quantitative estimate of drug-likeness (QED) is 0.841. The van der Waals surface area contributed by atoms with Crippen LogP contribution in [0.5, 0.6) is 0 Å². The monoisotopic (exact) mass is 232 g/mol. The molecule has 5 nitrogen and oxygen atoms in total. The van der Waals surface area contributed by atoms with Crippen molar-refractivity contribution in [3.63, 3.8) is 0 Å². The fourth-order valence-electron chi connectivity index (χ4n) is 1.98. The van der Waals surface area contributed by atoms with Gasteiger partial charge in [-0.2, -0.15) is 0 Å². The summed E-state index contributed by atoms with van der Waals surface area (Å²) in [4.78, 5) is 21.9. The highest BCUT2D eigenvalue weighted by molar-refractivity contribution is 5.98. The third-order valence-electron chi connectivity index (χ3n) is 2.66. The molecule has 5 heteroatoms. The summed E-state index contributed by atoms with van der Waals surface area (Å²) in [7, 11) is 0. The van der Waals surface area contributed by atoms with Crippen molar-refractivity contribution in [1.82, 2.24) is 4.57 Å². The number of hydrogen-bond acceptors (Lipinski definition) is 2. The summed E-state index contributed by atoms with van der Waals surface area (Å²) < 4.78 is 1.29. The van der Waals surface area contributed by atoms with E-state index in [0.29, 0.717) is 16.5 Å². The molecule has 2 aromatic rings. The summed E-state index contributed by atoms with van der Waals surface area (Å²) >= 11 is 0. The maximum Gasteiger partial charge on any atom is 0.352 e. The average Bonchev–Trinajstić information content (AvgIpc) is 2.52. The molecule has 0 bridgehead atoms. The van der Waals surface area contributed by atoms with Crippen molar-refractivity contribution in [2.24, 2.45) is 0 Å². The molecular weight excluding hydrogens is 222 g/mol. The smallest absolute Gasteiger partial charge is 0.352 e. The van der Waals surface area contributed by atoms with E-state index in [1.165, 1.54) is 4.57 Å². The highest BCUT2D eigenvalue weighted by atomic mass is 16.4. The first-order valence-electron chi connectivity index (χ1n) is 4.96. The van der Waals surface area contributed by atoms with Crippen LogP contribution < -0.4 is 0 Å². The number of rotatable bonds is 3. The van der Waals surface area contributed by atoms with Gasteiger partial charge in [0, 0.05) is 10.9 Å². The zero-order valence-corrected chi connectivity index (χ0v) is 9.10. The first kappa shape index (κ1) is 11.2. The summed E-state index contributed by atoms with van der Waals surface area (Å²) in [5.41, 5.74) is 1.17. The van der Waals surface area contributed by atoms with E-state index in [-0.39, 0.29) is 12.2 Å². The molecule has 1 aromatic carbocycles. The van der Waals surface area contributed by atoms with E-state index >= 15 is 0 Å². The van der Waals surface area contributed by atoms with Gasteiger partial charge in [-0.05, 0) is 30.7 Å². The first-order valence-corrected chi connectivity index (χ1v) is 4.96. The van der Waals surface area contributed by atoms with Gasteiger partial charge in [0.25, 0.3) is 0 Å². The van der Waals surface area contributed by atoms with Gasteiger partial charge < -0.3 is 14.8 Å². The lowest BCUT2D eigenvalue weighted by atomic mass is 10.1. The summed E-state index contributed by atoms with van der Waals surface area (Å²) in [6, 6.07) is 7.81. The minimum Gasteiger partial charge on any atom is -0.480 e. The van der Waals surface area contributed by atoms with Crippen LogP contribution in [0, 0.1) is 13.0 Å². The Morgan fingerprint density at radius 2 is 2.12 bits per heavy atom. The molecule has 87 valence electrons. The first-order chi connectivity index (χ1) is 8.02. The third-order valence-corrected chi connectivity index (χ3v) is 2.66. The van der Waals surface area contributed by atoms with E-state index in [0.717, 1.165) is 0 Å². The lowest BCUT2D eigenvalue weighted by Gasteiger charge is -2.04. The second-order valence-corrected chi connectivity index (χ2v) is 3.70. The van der Waals surface area contributed by atoms with Crippen LogP contribution in [0.3, 0.4) is 0 Å². The Morgan fingerprint density at radius 3 is 2.71 bits per heavy atom. The molecule has 17 heavy (non-hydrogen) atoms. The topological polar surface area (TPSA) is 79.5 Å². The Labute approximate surface area is 96.9 Å². The number of carbonyl (C=O) groups is 2. The Hall–Kier alpha value is -2.30. The SMILES string of the molecule is Cc1c(C(=O)O)n(CC(=O)O)c2cc[c]cc12. The van der Waals surface area contributed by atoms with Crippen molar-refractivity contribution in [2.45, 2.75) is 13.5 Å². The lowest BCUT2D eigenvalue weighted by molar-refractivity contribution is -0.137. The Balaban J connectivity index is 2.80. The standard InChI is InChI=1S/C12H10NO4/c1-7-8-4-2-3-5-9(8)13(6-10(14)15)11(7)12(16)17/h3-5H,6H2,1H3,(H,14,15)(H,16,17). The van der Waals surface area contributed by atoms with Crippen LogP contribution in [0.15, 0.2) is 18.2 Å². The van der Waals surface area contributed by atoms with Crippen LogP contribution in [-0.4, -0.2) is 26.7 Å². The molecule has 0 atom stereocenters. The minimum absolute atomic E-state index is 0.0157. The molecule has 0 amide bonds. The number of aromatic carboxylic acids is 1. The fourth-order valence-corrected chi connectivity index (χ4v) is 1.98. The van der Waals surface area contributed by atoms with Crippen LogP contribution in [-0.2, 0) is 11.3 Å². The predicted octanol–water partition coefficient (Wildman–Crippen LogP) is 1.53. The van der Waals surface area contributed by atoms with Gasteiger partial charge in [-0.15, -0.1) is 0 Å². The minimum atomic E-state index is -1.13. The summed E-state index contributed by atoms with van der Waals surface area (Å²) in [5.74, 6) is -2.20. The molecule has 0 aliphatic heterocycles. The molecule has 2 N–H and O–H groups in total. The third kappa shape index (κ3) is 1.75. The van der Waals surface area contributed by atoms with Crippen LogP contribution in [0.25, 0.3) is 10.9 Å². The molecule has 1 radical (unpaired) electrons. The zero-order chi connectivity index (χ0) is 12.6. The van der Waals surface area contributed by atoms with E-state index in [4.69, 9.17) is 10.2 Å². The normalized spacial score (nSPS) is 10.6. The molecule has 2 rings (SSSR count). The second-order valence-electron chi connectivity index (χ2n) is 3.70. The van der Waals surface area contributed by atoms with E-state index in [9.17, 15) is 9.59 Å². The molecule has 0 saturated heterocycles. The second kappa shape index (κ2) is 3.93. The molecule has 0 aliphatic rings. The molecule has 0 saturated carbocycles. The molecule has 1 aromatic heterocycles. The fraction of sp³-hybridized carbons (Fsp3) is 0.167. The van der Waals surface area contributed by atoms with Crippen LogP contribution >= 0.6 is 0 Å². The maximum absolute atomic E-state index is 11.2. The van der Waals surface area contributed by atoms with Crippen LogP contribution in [0.1, 0.15) is 16.1 Å². The molecule has 0 spiro atoms. The molecule has 0 fully saturated rings. The highest BCUT2D eigenvalue weighted by Gasteiger charge is 2.20. The van der Waals surface area contributed by atoms with Crippen LogP contribution in [0.4, 0.5) is 0 Å². The van der Waals surface area contributed by atoms with Crippen molar-refractivity contribution >= 4 is 22.8 Å². The number of fused-ring (bicyclic) bond motifs is 1. The summed E-state index contributed by atoms with van der Waals surface area (Å²) in [5, 5.41) is 18.7. The zero-order valence-electron chi connectivity index (χ0n) is 9.10. The van der Waals surface area contributed by atoms with E-state index < -0.39 is 11.9 Å². The van der Waals surface area contributed by atoms with Gasteiger partial charge >= 0.3 is 11.9 Å². The number of nitrogens with zero attached hydrogens (tertiary/aromatic N) is 1. The van der Waals surface area contributed by atoms with Gasteiger partial charge in [0.1, 0.15) is 12.2 Å². The molecule has 1 heterocycles. The van der Waals surface area contributed by atoms with Gasteiger partial charge in [-0.3, -0.25) is 4.79 Å². The Kier molecular flexibility index (Phi) is 2.59. The Bertz CT molecular complexity index is 612. The number of aryl methyl sites for hydroxylation is 1. The van der Waals surface area contributed by atoms with Crippen molar-refractivity contribution < 1.29 is 19.8 Å². The Morgan fingerprint density at radius 1 is 1.41 bits per heavy atom. The van der Waals surface area contributed by atoms with E-state index in [1.807, 2.05) is 0 Å². The van der Waals surface area contributed by atoms with Gasteiger partial charge in [-0.1, -0.05) is 6.07 Å². The van der Waals surface area contributed by atoms with Gasteiger partial charge in [0.15, 0.2) is 0 Å². The van der Waals surface area contributed by atoms with Gasteiger partial charge in [0.2, 0.25) is 0 Å². The number of benzene rings is 1. The van der Waals surface area contributed by atoms with Gasteiger partial charge in [-0.25, -0.2) is 4.79 Å². The number of carboxylic acids is 2. The number of carboxylic acid groups (broad SMARTS) is 2. The van der Waals surface area contributed by atoms with E-state index in [2.05, 4.69) is 6.07 Å². The van der Waals surface area contributed by atoms with Gasteiger partial charge in [0.05, 0.1) is 0 Å². The van der Waals surface area contributed by atoms with Crippen molar-refractivity contribution in [3.8, 4) is 0 Å². The van der Waals surface area contributed by atoms with Crippen LogP contribution in [0.2, 0.25) is 0 Å². The molecular formula is C12H10NO4. The largest absolute Gasteiger partial charge is 0.480 e. The number of aliphatic carboxylic acids is 1. The summed E-state index contributed by atoms with van der Waals surface area (Å²) in [6.07, 6.45) is 0. The lowest BCUT2D eigenvalue weighted by Crippen LogP contribution is -2.15. The van der Waals surface area contributed by atoms with Crippen molar-refractivity contribution in [2.75, 3.05) is 0 Å². The molecule has 0 unspecified atom stereocenters. The van der Waals surface area contributed by atoms with E-state index in [1.54, 1.807) is 25.1 Å². The number of aromatic nitrogens is 1. The molecule has 0 aliphatic carbocycles. The van der Waals surface area contributed by atoms with Crippen molar-refractivity contribution in [1.29, 1.82) is 0 Å². The average molecular weight is 232 g/mol.